The van der Waals surface area contributed by atoms with Gasteiger partial charge in [0.05, 0.1) is 0 Å². The zero-order valence-corrected chi connectivity index (χ0v) is 11.8. The van der Waals surface area contributed by atoms with E-state index in [0.717, 1.165) is 19.3 Å². The van der Waals surface area contributed by atoms with Gasteiger partial charge in [0.25, 0.3) is 0 Å². The molecular formula is C6H13NNb2O4. The number of hydrogen-bond donors (Lipinski definition) is 1. The summed E-state index contributed by atoms with van der Waals surface area (Å²) >= 11 is 0. The summed E-state index contributed by atoms with van der Waals surface area (Å²) < 4.78 is 0. The van der Waals surface area contributed by atoms with Gasteiger partial charge in [0.2, 0.25) is 5.91 Å². The fourth-order valence-electron chi connectivity index (χ4n) is 0.549. The van der Waals surface area contributed by atoms with E-state index in [0.29, 0.717) is 6.42 Å². The second-order valence-corrected chi connectivity index (χ2v) is 1.92. The molecule has 76 valence electrons. The predicted molar refractivity (Wildman–Crippen MR) is 35.4 cm³/mol. The molecule has 1 amide bonds. The van der Waals surface area contributed by atoms with Gasteiger partial charge in [-0.2, -0.15) is 0 Å². The van der Waals surface area contributed by atoms with Crippen LogP contribution in [0.15, 0.2) is 0 Å². The van der Waals surface area contributed by atoms with E-state index in [1.165, 1.54) is 0 Å². The van der Waals surface area contributed by atoms with Crippen LogP contribution < -0.4 is 5.73 Å². The first-order valence-electron chi connectivity index (χ1n) is 3.05. The summed E-state index contributed by atoms with van der Waals surface area (Å²) in [4.78, 5) is 10.1. The average Bonchev–Trinajstić information content (AvgIpc) is 1.66. The van der Waals surface area contributed by atoms with Gasteiger partial charge in [0, 0.05) is 6.42 Å². The average molecular weight is 349 g/mol. The van der Waals surface area contributed by atoms with Crippen LogP contribution in [-0.2, 0) is 66.0 Å². The largest absolute Gasteiger partial charge is 3.00 e. The van der Waals surface area contributed by atoms with Crippen molar-refractivity contribution in [3.05, 3.63) is 0 Å². The zero-order valence-electron chi connectivity index (χ0n) is 7.43. The number of carbonyl (C=O) groups is 1. The molecule has 0 rings (SSSR count). The fourth-order valence-corrected chi connectivity index (χ4v) is 0.549. The molecule has 13 heavy (non-hydrogen) atoms. The smallest absolute Gasteiger partial charge is 2.00 e. The predicted octanol–water partition coefficient (Wildman–Crippen LogP) is 0.691. The van der Waals surface area contributed by atoms with Gasteiger partial charge in [-0.05, 0) is 6.42 Å². The molecular weight excluding hydrogens is 336 g/mol. The second kappa shape index (κ2) is 29.3. The summed E-state index contributed by atoms with van der Waals surface area (Å²) in [7, 11) is 0. The van der Waals surface area contributed by atoms with Crippen molar-refractivity contribution in [1.29, 1.82) is 0 Å². The molecule has 0 heterocycles. The fraction of sp³-hybridized carbons (Fsp3) is 0.833. The Balaban J connectivity index is -0.0000000245. The van der Waals surface area contributed by atoms with Gasteiger partial charge in [-0.1, -0.05) is 19.8 Å². The van der Waals surface area contributed by atoms with Crippen LogP contribution in [0.2, 0.25) is 0 Å². The summed E-state index contributed by atoms with van der Waals surface area (Å²) in [5.41, 5.74) is 4.89. The maximum atomic E-state index is 10.1. The van der Waals surface area contributed by atoms with Gasteiger partial charge in [-0.15, -0.1) is 0 Å². The Morgan fingerprint density at radius 1 is 1.08 bits per heavy atom. The van der Waals surface area contributed by atoms with Gasteiger partial charge in [0.15, 0.2) is 0 Å². The van der Waals surface area contributed by atoms with Crippen molar-refractivity contribution in [2.24, 2.45) is 5.73 Å². The molecule has 0 spiro atoms. The Kier molecular flexibility index (Phi) is 83.7. The van der Waals surface area contributed by atoms with Gasteiger partial charge in [-0.3, -0.25) is 4.79 Å². The van der Waals surface area contributed by atoms with Crippen molar-refractivity contribution in [2.75, 3.05) is 0 Å². The molecule has 0 saturated heterocycles. The van der Waals surface area contributed by atoms with Crippen LogP contribution >= 0.6 is 0 Å². The Labute approximate surface area is 110 Å². The normalized spacial score (nSPS) is 5.62. The van der Waals surface area contributed by atoms with Crippen LogP contribution in [0.4, 0.5) is 0 Å². The van der Waals surface area contributed by atoms with E-state index in [-0.39, 0.29) is 67.1 Å². The van der Waals surface area contributed by atoms with Crippen LogP contribution in [0.1, 0.15) is 32.6 Å². The van der Waals surface area contributed by atoms with Crippen molar-refractivity contribution in [2.45, 2.75) is 32.6 Å². The number of amides is 1. The number of unbranched alkanes of at least 4 members (excludes halogenated alkanes) is 2. The topological polar surface area (TPSA) is 129 Å². The van der Waals surface area contributed by atoms with Crippen molar-refractivity contribution in [3.63, 3.8) is 0 Å². The second-order valence-electron chi connectivity index (χ2n) is 1.92. The van der Waals surface area contributed by atoms with Gasteiger partial charge < -0.3 is 22.2 Å². The molecule has 0 aliphatic heterocycles. The van der Waals surface area contributed by atoms with E-state index < -0.39 is 0 Å². The third-order valence-electron chi connectivity index (χ3n) is 1.03. The van der Waals surface area contributed by atoms with Crippen LogP contribution in [0.25, 0.3) is 0 Å². The molecule has 5 nitrogen and oxygen atoms in total. The zero-order chi connectivity index (χ0) is 6.41. The summed E-state index contributed by atoms with van der Waals surface area (Å²) in [5, 5.41) is 0. The molecule has 0 aromatic rings. The Morgan fingerprint density at radius 3 is 1.69 bits per heavy atom. The van der Waals surface area contributed by atoms with Gasteiger partial charge >= 0.3 is 44.8 Å². The summed E-state index contributed by atoms with van der Waals surface area (Å²) in [6.07, 6.45) is 3.76. The van der Waals surface area contributed by atoms with E-state index in [2.05, 4.69) is 6.92 Å². The third-order valence-corrected chi connectivity index (χ3v) is 1.03. The first-order valence-corrected chi connectivity index (χ1v) is 3.05. The Morgan fingerprint density at radius 2 is 1.46 bits per heavy atom. The molecule has 7 heteroatoms. The number of rotatable bonds is 4. The van der Waals surface area contributed by atoms with Crippen LogP contribution in [0.3, 0.4) is 0 Å². The molecule has 0 fully saturated rings. The maximum absolute atomic E-state index is 10.1. The quantitative estimate of drug-likeness (QED) is 0.581. The Bertz CT molecular complexity index is 85.0. The van der Waals surface area contributed by atoms with Crippen LogP contribution in [0, 0.1) is 0 Å². The van der Waals surface area contributed by atoms with E-state index in [1.807, 2.05) is 0 Å². The summed E-state index contributed by atoms with van der Waals surface area (Å²) in [6.45, 7) is 2.10. The standard InChI is InChI=1S/C6H13NO.2Nb.3O/c1-2-3-4-5-6(7)8;;;;;/h2-5H2,1H3,(H2,7,8);;;;;/q;2*+3;3*-2. The molecule has 0 radical (unpaired) electrons. The molecule has 0 atom stereocenters. The van der Waals surface area contributed by atoms with Crippen molar-refractivity contribution >= 4 is 5.91 Å². The van der Waals surface area contributed by atoms with Crippen molar-refractivity contribution in [1.82, 2.24) is 0 Å². The minimum Gasteiger partial charge on any atom is -2.00 e. The monoisotopic (exact) mass is 349 g/mol. The molecule has 2 N–H and O–H groups in total. The van der Waals surface area contributed by atoms with Crippen LogP contribution in [0.5, 0.6) is 0 Å². The minimum atomic E-state index is -0.182. The number of nitrogens with two attached hydrogens (primary N) is 1. The molecule has 0 aliphatic carbocycles. The Hall–Kier alpha value is 0.831. The maximum Gasteiger partial charge on any atom is 3.00 e. The van der Waals surface area contributed by atoms with E-state index >= 15 is 0 Å². The summed E-state index contributed by atoms with van der Waals surface area (Å²) in [6, 6.07) is 0. The molecule has 0 unspecified atom stereocenters. The van der Waals surface area contributed by atoms with Gasteiger partial charge in [-0.25, -0.2) is 0 Å². The van der Waals surface area contributed by atoms with E-state index in [9.17, 15) is 4.79 Å². The number of hydrogen-bond acceptors (Lipinski definition) is 1. The molecule has 0 aromatic carbocycles. The SMILES string of the molecule is CCCCCC(N)=O.[Nb+3].[Nb+3].[O-2].[O-2].[O-2]. The third kappa shape index (κ3) is 44.3. The minimum absolute atomic E-state index is 0. The molecule has 0 aliphatic rings. The van der Waals surface area contributed by atoms with Crippen LogP contribution in [-0.4, -0.2) is 5.91 Å². The molecule has 0 saturated carbocycles. The molecule has 0 bridgehead atoms. The van der Waals surface area contributed by atoms with Crippen molar-refractivity contribution < 1.29 is 66.0 Å². The van der Waals surface area contributed by atoms with Gasteiger partial charge in [0.1, 0.15) is 0 Å². The first-order chi connectivity index (χ1) is 3.77. The summed E-state index contributed by atoms with van der Waals surface area (Å²) in [5.74, 6) is -0.182. The van der Waals surface area contributed by atoms with E-state index in [4.69, 9.17) is 5.73 Å². The molecule has 0 aromatic heterocycles. The first kappa shape index (κ1) is 37.1. The number of carbonyl (C=O) groups excluding carboxylic acids is 1. The number of primary amides is 1. The van der Waals surface area contributed by atoms with Crippen molar-refractivity contribution in [3.8, 4) is 0 Å². The van der Waals surface area contributed by atoms with E-state index in [1.54, 1.807) is 0 Å².